The molecule has 2 aromatic carbocycles. The van der Waals surface area contributed by atoms with Crippen LogP contribution in [0.15, 0.2) is 48.5 Å². The molecular formula is C28H32N2O5. The molecule has 3 aliphatic rings. The molecule has 35 heavy (non-hydrogen) atoms. The molecule has 0 aromatic heterocycles. The zero-order valence-electron chi connectivity index (χ0n) is 20.0. The van der Waals surface area contributed by atoms with Crippen molar-refractivity contribution in [3.8, 4) is 11.1 Å². The van der Waals surface area contributed by atoms with Crippen LogP contribution in [0.25, 0.3) is 11.1 Å². The van der Waals surface area contributed by atoms with Crippen LogP contribution >= 0.6 is 0 Å². The number of alkyl carbamates (subject to hydrolysis) is 1. The highest BCUT2D eigenvalue weighted by Gasteiger charge is 2.65. The Kier molecular flexibility index (Phi) is 6.26. The summed E-state index contributed by atoms with van der Waals surface area (Å²) in [6, 6.07) is 16.0. The molecule has 0 radical (unpaired) electrons. The second-order valence-electron chi connectivity index (χ2n) is 10.2. The molecule has 7 heteroatoms. The van der Waals surface area contributed by atoms with Gasteiger partial charge in [0, 0.05) is 18.0 Å². The van der Waals surface area contributed by atoms with E-state index < -0.39 is 17.5 Å². The van der Waals surface area contributed by atoms with Crippen molar-refractivity contribution in [1.82, 2.24) is 10.6 Å². The average molecular weight is 477 g/mol. The highest BCUT2D eigenvalue weighted by atomic mass is 16.5. The van der Waals surface area contributed by atoms with Crippen LogP contribution in [-0.4, -0.2) is 41.8 Å². The summed E-state index contributed by atoms with van der Waals surface area (Å²) < 4.78 is 5.67. The molecule has 0 bridgehead atoms. The molecule has 0 aliphatic heterocycles. The number of carboxylic acid groups (broad SMARTS) is 1. The average Bonchev–Trinajstić information content (AvgIpc) is 3.26. The molecule has 2 aromatic rings. The predicted molar refractivity (Wildman–Crippen MR) is 131 cm³/mol. The van der Waals surface area contributed by atoms with E-state index in [1.165, 1.54) is 22.3 Å². The summed E-state index contributed by atoms with van der Waals surface area (Å²) >= 11 is 0. The van der Waals surface area contributed by atoms with Gasteiger partial charge in [0.05, 0.1) is 11.8 Å². The Balaban J connectivity index is 1.15. The van der Waals surface area contributed by atoms with Crippen molar-refractivity contribution >= 4 is 18.0 Å². The molecular weight excluding hydrogens is 444 g/mol. The van der Waals surface area contributed by atoms with Gasteiger partial charge in [-0.15, -0.1) is 0 Å². The van der Waals surface area contributed by atoms with Gasteiger partial charge in [0.2, 0.25) is 5.91 Å². The molecule has 5 rings (SSSR count). The lowest BCUT2D eigenvalue weighted by Crippen LogP contribution is -2.42. The van der Waals surface area contributed by atoms with Gasteiger partial charge in [-0.25, -0.2) is 4.79 Å². The minimum atomic E-state index is -0.908. The van der Waals surface area contributed by atoms with E-state index in [0.717, 1.165) is 19.3 Å². The molecule has 0 saturated heterocycles. The Morgan fingerprint density at radius 2 is 1.71 bits per heavy atom. The van der Waals surface area contributed by atoms with E-state index >= 15 is 0 Å². The molecule has 2 fully saturated rings. The quantitative estimate of drug-likeness (QED) is 0.496. The van der Waals surface area contributed by atoms with E-state index in [9.17, 15) is 14.4 Å². The first kappa shape index (κ1) is 23.4. The molecule has 2 amide bonds. The first-order valence-corrected chi connectivity index (χ1v) is 12.6. The number of fused-ring (bicyclic) bond motifs is 4. The summed E-state index contributed by atoms with van der Waals surface area (Å²) in [7, 11) is 0. The van der Waals surface area contributed by atoms with Crippen molar-refractivity contribution in [1.29, 1.82) is 0 Å². The summed E-state index contributed by atoms with van der Waals surface area (Å²) in [6.45, 7) is 2.23. The van der Waals surface area contributed by atoms with Crippen LogP contribution in [0.3, 0.4) is 0 Å². The third-order valence-corrected chi connectivity index (χ3v) is 7.92. The van der Waals surface area contributed by atoms with Crippen LogP contribution in [0.2, 0.25) is 0 Å². The van der Waals surface area contributed by atoms with Crippen molar-refractivity contribution < 1.29 is 24.2 Å². The first-order valence-electron chi connectivity index (χ1n) is 12.6. The molecule has 2 saturated carbocycles. The molecule has 0 spiro atoms. The lowest BCUT2D eigenvalue weighted by Gasteiger charge is -2.22. The van der Waals surface area contributed by atoms with Crippen molar-refractivity contribution in [3.05, 3.63) is 59.7 Å². The number of ether oxygens (including phenoxy) is 1. The Hall–Kier alpha value is -3.35. The summed E-state index contributed by atoms with van der Waals surface area (Å²) in [5.41, 5.74) is 4.23. The van der Waals surface area contributed by atoms with Crippen LogP contribution in [0.4, 0.5) is 4.79 Å². The summed E-state index contributed by atoms with van der Waals surface area (Å²) in [4.78, 5) is 36.8. The van der Waals surface area contributed by atoms with Gasteiger partial charge in [-0.3, -0.25) is 9.59 Å². The molecule has 4 atom stereocenters. The first-order chi connectivity index (χ1) is 16.9. The van der Waals surface area contributed by atoms with Crippen molar-refractivity contribution in [3.63, 3.8) is 0 Å². The second kappa shape index (κ2) is 9.36. The largest absolute Gasteiger partial charge is 0.481 e. The third-order valence-electron chi connectivity index (χ3n) is 7.92. The topological polar surface area (TPSA) is 105 Å². The molecule has 0 heterocycles. The minimum Gasteiger partial charge on any atom is -0.481 e. The molecule has 3 N–H and O–H groups in total. The maximum atomic E-state index is 13.0. The van der Waals surface area contributed by atoms with Gasteiger partial charge in [-0.05, 0) is 53.9 Å². The van der Waals surface area contributed by atoms with Gasteiger partial charge in [0.15, 0.2) is 0 Å². The zero-order chi connectivity index (χ0) is 24.6. The summed E-state index contributed by atoms with van der Waals surface area (Å²) in [5.74, 6) is -0.741. The number of nitrogens with one attached hydrogen (secondary N) is 2. The summed E-state index contributed by atoms with van der Waals surface area (Å²) in [6.07, 6.45) is 3.04. The number of rotatable bonds is 9. The minimum absolute atomic E-state index is 0.00647. The third kappa shape index (κ3) is 4.51. The second-order valence-corrected chi connectivity index (χ2v) is 10.2. The highest BCUT2D eigenvalue weighted by Crippen LogP contribution is 2.63. The van der Waals surface area contributed by atoms with Gasteiger partial charge in [-0.2, -0.15) is 0 Å². The standard InChI is InChI=1S/C28H32N2O5/c1-2-7-18(13-25(31)32)29-26(33)28-14-17(28)12-19(15-28)30-27(34)35-16-24-22-10-5-3-8-20(22)21-9-4-6-11-23(21)24/h3-6,8-11,17-19,24H,2,7,12-16H2,1H3,(H,29,33)(H,30,34)(H,31,32)/t17?,18-,19?,28?/m1/s1. The number of carbonyl (C=O) groups excluding carboxylic acids is 2. The number of carbonyl (C=O) groups is 3. The van der Waals surface area contributed by atoms with Crippen molar-refractivity contribution in [2.45, 2.75) is 63.5 Å². The molecule has 3 aliphatic carbocycles. The fraction of sp³-hybridized carbons (Fsp3) is 0.464. The Morgan fingerprint density at radius 1 is 1.06 bits per heavy atom. The molecule has 184 valence electrons. The van der Waals surface area contributed by atoms with E-state index in [2.05, 4.69) is 34.9 Å². The van der Waals surface area contributed by atoms with E-state index in [0.29, 0.717) is 12.8 Å². The molecule has 7 nitrogen and oxygen atoms in total. The van der Waals surface area contributed by atoms with E-state index in [1.807, 2.05) is 31.2 Å². The van der Waals surface area contributed by atoms with E-state index in [4.69, 9.17) is 9.84 Å². The lowest BCUT2D eigenvalue weighted by atomic mass is 9.98. The highest BCUT2D eigenvalue weighted by molar-refractivity contribution is 5.87. The Morgan fingerprint density at radius 3 is 2.34 bits per heavy atom. The van der Waals surface area contributed by atoms with Gasteiger partial charge in [-0.1, -0.05) is 61.9 Å². The Labute approximate surface area is 205 Å². The maximum Gasteiger partial charge on any atom is 0.407 e. The number of aliphatic carboxylic acids is 1. The Bertz CT molecular complexity index is 1100. The van der Waals surface area contributed by atoms with E-state index in [-0.39, 0.29) is 42.9 Å². The van der Waals surface area contributed by atoms with Crippen LogP contribution < -0.4 is 10.6 Å². The van der Waals surface area contributed by atoms with Gasteiger partial charge in [0.1, 0.15) is 6.61 Å². The molecule has 3 unspecified atom stereocenters. The van der Waals surface area contributed by atoms with Crippen LogP contribution in [0.5, 0.6) is 0 Å². The van der Waals surface area contributed by atoms with Gasteiger partial charge < -0.3 is 20.5 Å². The fourth-order valence-electron chi connectivity index (χ4n) is 6.21. The fourth-order valence-corrected chi connectivity index (χ4v) is 6.21. The smallest absolute Gasteiger partial charge is 0.407 e. The number of benzene rings is 2. The number of amides is 2. The number of hydrogen-bond acceptors (Lipinski definition) is 4. The van der Waals surface area contributed by atoms with Gasteiger partial charge in [0.25, 0.3) is 0 Å². The normalized spacial score (nSPS) is 24.6. The monoisotopic (exact) mass is 476 g/mol. The SMILES string of the molecule is CCC[C@H](CC(=O)O)NC(=O)C12CC(NC(=O)OCC3c4ccccc4-c4ccccc43)CC1C2. The predicted octanol–water partition coefficient (Wildman–Crippen LogP) is 4.45. The lowest BCUT2D eigenvalue weighted by molar-refractivity contribution is -0.138. The zero-order valence-corrected chi connectivity index (χ0v) is 20.0. The number of hydrogen-bond donors (Lipinski definition) is 3. The van der Waals surface area contributed by atoms with Gasteiger partial charge >= 0.3 is 12.1 Å². The van der Waals surface area contributed by atoms with Crippen molar-refractivity contribution in [2.24, 2.45) is 11.3 Å². The van der Waals surface area contributed by atoms with E-state index in [1.54, 1.807) is 0 Å². The number of carboxylic acids is 1. The van der Waals surface area contributed by atoms with Crippen LogP contribution in [0.1, 0.15) is 62.5 Å². The van der Waals surface area contributed by atoms with Crippen LogP contribution in [-0.2, 0) is 14.3 Å². The maximum absolute atomic E-state index is 13.0. The van der Waals surface area contributed by atoms with Crippen molar-refractivity contribution in [2.75, 3.05) is 6.61 Å². The van der Waals surface area contributed by atoms with Crippen LogP contribution in [0, 0.1) is 11.3 Å². The summed E-state index contributed by atoms with van der Waals surface area (Å²) in [5, 5.41) is 15.1.